The monoisotopic (exact) mass is 292 g/mol. The van der Waals surface area contributed by atoms with Gasteiger partial charge in [-0.15, -0.1) is 0 Å². The van der Waals surface area contributed by atoms with Crippen LogP contribution < -0.4 is 5.32 Å². The molecule has 2 rings (SSSR count). The molecular weight excluding hydrogens is 280 g/mol. The van der Waals surface area contributed by atoms with E-state index in [0.29, 0.717) is 0 Å². The first-order valence-corrected chi connectivity index (χ1v) is 6.12. The number of nitrogens with zero attached hydrogens (tertiary/aromatic N) is 1. The van der Waals surface area contributed by atoms with Crippen molar-refractivity contribution in [1.29, 1.82) is 0 Å². The molecule has 0 aliphatic heterocycles. The number of hydrogen-bond acceptors (Lipinski definition) is 3. The molecule has 2 aromatic rings. The SMILES string of the molecule is Oc1ccc(CNCc2cccnc2)cc1Br. The Bertz CT molecular complexity index is 488. The van der Waals surface area contributed by atoms with E-state index >= 15 is 0 Å². The number of phenolic OH excluding ortho intramolecular Hbond substituents is 1. The van der Waals surface area contributed by atoms with Gasteiger partial charge >= 0.3 is 0 Å². The van der Waals surface area contributed by atoms with Crippen LogP contribution in [0.4, 0.5) is 0 Å². The minimum atomic E-state index is 0.265. The molecule has 4 heteroatoms. The van der Waals surface area contributed by atoms with Gasteiger partial charge in [0.05, 0.1) is 4.47 Å². The van der Waals surface area contributed by atoms with Gasteiger partial charge in [-0.25, -0.2) is 0 Å². The molecule has 0 bridgehead atoms. The third kappa shape index (κ3) is 3.54. The number of halogens is 1. The number of phenols is 1. The number of rotatable bonds is 4. The van der Waals surface area contributed by atoms with E-state index in [4.69, 9.17) is 0 Å². The maximum atomic E-state index is 9.37. The second-order valence-corrected chi connectivity index (χ2v) is 4.60. The van der Waals surface area contributed by atoms with Crippen LogP contribution in [0.1, 0.15) is 11.1 Å². The van der Waals surface area contributed by atoms with Gasteiger partial charge in [0.2, 0.25) is 0 Å². The predicted molar refractivity (Wildman–Crippen MR) is 70.6 cm³/mol. The second kappa shape index (κ2) is 5.80. The van der Waals surface area contributed by atoms with Gasteiger partial charge in [0, 0.05) is 25.5 Å². The molecule has 0 spiro atoms. The minimum Gasteiger partial charge on any atom is -0.507 e. The molecule has 1 aromatic heterocycles. The van der Waals surface area contributed by atoms with Crippen LogP contribution in [0.25, 0.3) is 0 Å². The summed E-state index contributed by atoms with van der Waals surface area (Å²) in [5.41, 5.74) is 2.28. The first-order valence-electron chi connectivity index (χ1n) is 5.33. The Morgan fingerprint density at radius 2 is 2.00 bits per heavy atom. The van der Waals surface area contributed by atoms with Crippen molar-refractivity contribution in [3.8, 4) is 5.75 Å². The van der Waals surface area contributed by atoms with Gasteiger partial charge in [-0.1, -0.05) is 12.1 Å². The number of nitrogens with one attached hydrogen (secondary N) is 1. The Hall–Kier alpha value is -1.39. The standard InChI is InChI=1S/C13H13BrN2O/c14-12-6-10(3-4-13(12)17)7-16-9-11-2-1-5-15-8-11/h1-6,8,16-17H,7,9H2. The number of benzene rings is 1. The van der Waals surface area contributed by atoms with Crippen molar-refractivity contribution in [2.24, 2.45) is 0 Å². The minimum absolute atomic E-state index is 0.265. The first-order chi connectivity index (χ1) is 8.25. The second-order valence-electron chi connectivity index (χ2n) is 3.75. The van der Waals surface area contributed by atoms with Crippen molar-refractivity contribution in [2.45, 2.75) is 13.1 Å². The summed E-state index contributed by atoms with van der Waals surface area (Å²) in [6.07, 6.45) is 3.61. The van der Waals surface area contributed by atoms with E-state index in [1.54, 1.807) is 12.3 Å². The van der Waals surface area contributed by atoms with E-state index in [2.05, 4.69) is 26.2 Å². The third-order valence-corrected chi connectivity index (χ3v) is 3.03. The Kier molecular flexibility index (Phi) is 4.12. The molecule has 0 aliphatic carbocycles. The molecule has 3 nitrogen and oxygen atoms in total. The molecule has 88 valence electrons. The molecule has 0 radical (unpaired) electrons. The average molecular weight is 293 g/mol. The highest BCUT2D eigenvalue weighted by Gasteiger charge is 1.99. The summed E-state index contributed by atoms with van der Waals surface area (Å²) in [6, 6.07) is 9.45. The summed E-state index contributed by atoms with van der Waals surface area (Å²) < 4.78 is 0.721. The molecule has 17 heavy (non-hydrogen) atoms. The van der Waals surface area contributed by atoms with Gasteiger partial charge in [0.25, 0.3) is 0 Å². The third-order valence-electron chi connectivity index (χ3n) is 2.39. The molecule has 0 atom stereocenters. The van der Waals surface area contributed by atoms with E-state index in [0.717, 1.165) is 28.7 Å². The van der Waals surface area contributed by atoms with Crippen LogP contribution in [0.3, 0.4) is 0 Å². The van der Waals surface area contributed by atoms with Crippen LogP contribution >= 0.6 is 15.9 Å². The summed E-state index contributed by atoms with van der Waals surface area (Å²) in [5.74, 6) is 0.265. The van der Waals surface area contributed by atoms with Crippen LogP contribution in [0, 0.1) is 0 Å². The van der Waals surface area contributed by atoms with Crippen molar-refractivity contribution in [3.05, 3.63) is 58.3 Å². The van der Waals surface area contributed by atoms with Gasteiger partial charge in [-0.05, 0) is 45.3 Å². The van der Waals surface area contributed by atoms with Gasteiger partial charge < -0.3 is 10.4 Å². The highest BCUT2D eigenvalue weighted by molar-refractivity contribution is 9.10. The quantitative estimate of drug-likeness (QED) is 0.911. The lowest BCUT2D eigenvalue weighted by molar-refractivity contribution is 0.471. The molecule has 0 aliphatic rings. The van der Waals surface area contributed by atoms with Crippen molar-refractivity contribution in [3.63, 3.8) is 0 Å². The largest absolute Gasteiger partial charge is 0.507 e. The molecule has 2 N–H and O–H groups in total. The lowest BCUT2D eigenvalue weighted by atomic mass is 10.2. The first kappa shape index (κ1) is 12.1. The Morgan fingerprint density at radius 3 is 2.71 bits per heavy atom. The van der Waals surface area contributed by atoms with E-state index < -0.39 is 0 Å². The number of pyridine rings is 1. The number of aromatic nitrogens is 1. The molecule has 0 fully saturated rings. The Balaban J connectivity index is 1.88. The van der Waals surface area contributed by atoms with Gasteiger partial charge in [-0.3, -0.25) is 4.98 Å². The maximum absolute atomic E-state index is 9.37. The average Bonchev–Trinajstić information content (AvgIpc) is 2.35. The highest BCUT2D eigenvalue weighted by atomic mass is 79.9. The lowest BCUT2D eigenvalue weighted by Gasteiger charge is -2.06. The van der Waals surface area contributed by atoms with Gasteiger partial charge in [0.15, 0.2) is 0 Å². The predicted octanol–water partition coefficient (Wildman–Crippen LogP) is 2.84. The van der Waals surface area contributed by atoms with Crippen LogP contribution in [-0.4, -0.2) is 10.1 Å². The van der Waals surface area contributed by atoms with Crippen molar-refractivity contribution in [1.82, 2.24) is 10.3 Å². The maximum Gasteiger partial charge on any atom is 0.129 e. The molecule has 0 unspecified atom stereocenters. The zero-order valence-electron chi connectivity index (χ0n) is 9.23. The number of hydrogen-bond donors (Lipinski definition) is 2. The molecule has 0 saturated heterocycles. The topological polar surface area (TPSA) is 45.1 Å². The van der Waals surface area contributed by atoms with Gasteiger partial charge in [0.1, 0.15) is 5.75 Å². The fourth-order valence-electron chi connectivity index (χ4n) is 1.51. The molecule has 0 saturated carbocycles. The highest BCUT2D eigenvalue weighted by Crippen LogP contribution is 2.24. The zero-order valence-corrected chi connectivity index (χ0v) is 10.8. The van der Waals surface area contributed by atoms with Gasteiger partial charge in [-0.2, -0.15) is 0 Å². The van der Waals surface area contributed by atoms with E-state index in [9.17, 15) is 5.11 Å². The number of aromatic hydroxyl groups is 1. The van der Waals surface area contributed by atoms with E-state index in [1.165, 1.54) is 0 Å². The molecule has 1 heterocycles. The van der Waals surface area contributed by atoms with Crippen molar-refractivity contribution < 1.29 is 5.11 Å². The van der Waals surface area contributed by atoms with Crippen molar-refractivity contribution in [2.75, 3.05) is 0 Å². The van der Waals surface area contributed by atoms with E-state index in [1.807, 2.05) is 30.5 Å². The summed E-state index contributed by atoms with van der Waals surface area (Å²) in [5, 5.41) is 12.7. The smallest absolute Gasteiger partial charge is 0.129 e. The molecule has 1 aromatic carbocycles. The molecule has 0 amide bonds. The summed E-state index contributed by atoms with van der Waals surface area (Å²) >= 11 is 3.30. The molecular formula is C13H13BrN2O. The Labute approximate surface area is 109 Å². The summed E-state index contributed by atoms with van der Waals surface area (Å²) in [4.78, 5) is 4.06. The van der Waals surface area contributed by atoms with Crippen LogP contribution in [0.2, 0.25) is 0 Å². The Morgan fingerprint density at radius 1 is 1.18 bits per heavy atom. The van der Waals surface area contributed by atoms with Crippen LogP contribution in [0.5, 0.6) is 5.75 Å². The van der Waals surface area contributed by atoms with E-state index in [-0.39, 0.29) is 5.75 Å². The normalized spacial score (nSPS) is 10.4. The fraction of sp³-hybridized carbons (Fsp3) is 0.154. The summed E-state index contributed by atoms with van der Waals surface area (Å²) in [6.45, 7) is 1.54. The van der Waals surface area contributed by atoms with Crippen molar-refractivity contribution >= 4 is 15.9 Å². The van der Waals surface area contributed by atoms with Crippen LogP contribution in [0.15, 0.2) is 47.2 Å². The van der Waals surface area contributed by atoms with Crippen LogP contribution in [-0.2, 0) is 13.1 Å². The fourth-order valence-corrected chi connectivity index (χ4v) is 1.94. The zero-order chi connectivity index (χ0) is 12.1. The summed E-state index contributed by atoms with van der Waals surface area (Å²) in [7, 11) is 0. The lowest BCUT2D eigenvalue weighted by Crippen LogP contribution is -2.12.